The van der Waals surface area contributed by atoms with Crippen molar-refractivity contribution in [2.24, 2.45) is 5.92 Å². The minimum Gasteiger partial charge on any atom is -0.444 e. The van der Waals surface area contributed by atoms with Crippen LogP contribution < -0.4 is 0 Å². The Morgan fingerprint density at radius 1 is 1.29 bits per heavy atom. The third-order valence-electron chi connectivity index (χ3n) is 4.23. The van der Waals surface area contributed by atoms with Gasteiger partial charge in [0.25, 0.3) is 0 Å². The molecule has 0 spiro atoms. The van der Waals surface area contributed by atoms with Gasteiger partial charge in [-0.3, -0.25) is 4.79 Å². The Morgan fingerprint density at radius 2 is 1.88 bits per heavy atom. The van der Waals surface area contributed by atoms with E-state index < -0.39 is 14.7 Å². The molecule has 0 aromatic carbocycles. The number of carbonyl (C=O) groups is 2. The van der Waals surface area contributed by atoms with E-state index in [0.29, 0.717) is 32.5 Å². The van der Waals surface area contributed by atoms with Crippen molar-refractivity contribution >= 4 is 31.7 Å². The first-order chi connectivity index (χ1) is 10.9. The fourth-order valence-corrected chi connectivity index (χ4v) is 4.56. The molecule has 0 saturated carbocycles. The third kappa shape index (κ3) is 5.51. The molecule has 1 unspecified atom stereocenters. The summed E-state index contributed by atoms with van der Waals surface area (Å²) in [5, 5.41) is 0. The molecule has 0 aliphatic carbocycles. The van der Waals surface area contributed by atoms with E-state index in [1.54, 1.807) is 9.80 Å². The highest BCUT2D eigenvalue weighted by atomic mass is 35.7. The van der Waals surface area contributed by atoms with Crippen LogP contribution in [0.3, 0.4) is 0 Å². The van der Waals surface area contributed by atoms with Gasteiger partial charge in [-0.1, -0.05) is 0 Å². The van der Waals surface area contributed by atoms with Crippen molar-refractivity contribution in [3.05, 3.63) is 0 Å². The lowest BCUT2D eigenvalue weighted by Gasteiger charge is -2.37. The number of amides is 2. The SMILES string of the molecule is CC(C)(C)OC(=O)N1CCC(N2CC(CS(=O)(=O)Cl)CC2=O)CC1. The van der Waals surface area contributed by atoms with Gasteiger partial charge in [-0.25, -0.2) is 13.2 Å². The fraction of sp³-hybridized carbons (Fsp3) is 0.867. The Kier molecular flexibility index (Phi) is 5.69. The summed E-state index contributed by atoms with van der Waals surface area (Å²) in [5.41, 5.74) is -0.529. The molecule has 2 rings (SSSR count). The second-order valence-corrected chi connectivity index (χ2v) is 10.3. The van der Waals surface area contributed by atoms with Crippen LogP contribution in [0.5, 0.6) is 0 Å². The first-order valence-corrected chi connectivity index (χ1v) is 10.6. The Morgan fingerprint density at radius 3 is 2.38 bits per heavy atom. The average Bonchev–Trinajstić information content (AvgIpc) is 2.75. The Bertz CT molecular complexity index is 593. The van der Waals surface area contributed by atoms with Crippen LogP contribution in [0.2, 0.25) is 0 Å². The number of halogens is 1. The van der Waals surface area contributed by atoms with Crippen molar-refractivity contribution in [1.29, 1.82) is 0 Å². The number of rotatable bonds is 3. The summed E-state index contributed by atoms with van der Waals surface area (Å²) in [5.74, 6) is -0.451. The largest absolute Gasteiger partial charge is 0.444 e. The minimum absolute atomic E-state index is 0.0314. The zero-order chi connectivity index (χ0) is 18.1. The van der Waals surface area contributed by atoms with Crippen LogP contribution in [0.15, 0.2) is 0 Å². The van der Waals surface area contributed by atoms with Crippen LogP contribution in [-0.2, 0) is 18.6 Å². The molecule has 24 heavy (non-hydrogen) atoms. The van der Waals surface area contributed by atoms with Gasteiger partial charge in [-0.05, 0) is 33.6 Å². The van der Waals surface area contributed by atoms with Gasteiger partial charge in [0.15, 0.2) is 0 Å². The Hall–Kier alpha value is -1.02. The van der Waals surface area contributed by atoms with Gasteiger partial charge < -0.3 is 14.5 Å². The molecular formula is C15H25ClN2O5S. The molecule has 2 amide bonds. The van der Waals surface area contributed by atoms with Crippen molar-refractivity contribution in [2.45, 2.75) is 51.7 Å². The summed E-state index contributed by atoms with van der Waals surface area (Å²) in [7, 11) is 1.69. The van der Waals surface area contributed by atoms with Crippen LogP contribution in [-0.4, -0.2) is 67.2 Å². The lowest BCUT2D eigenvalue weighted by atomic mass is 10.0. The molecule has 2 fully saturated rings. The van der Waals surface area contributed by atoms with Gasteiger partial charge in [-0.2, -0.15) is 0 Å². The third-order valence-corrected chi connectivity index (χ3v) is 5.48. The molecular weight excluding hydrogens is 356 g/mol. The number of nitrogens with zero attached hydrogens (tertiary/aromatic N) is 2. The second-order valence-electron chi connectivity index (χ2n) is 7.52. The minimum atomic E-state index is -3.60. The molecule has 0 N–H and O–H groups in total. The normalized spacial score (nSPS) is 23.7. The molecule has 138 valence electrons. The smallest absolute Gasteiger partial charge is 0.410 e. The van der Waals surface area contributed by atoms with Gasteiger partial charge in [-0.15, -0.1) is 0 Å². The molecule has 2 aliphatic rings. The number of hydrogen-bond acceptors (Lipinski definition) is 5. The summed E-state index contributed by atoms with van der Waals surface area (Å²) in [6.45, 7) is 6.95. The first-order valence-electron chi connectivity index (χ1n) is 8.14. The van der Waals surface area contributed by atoms with Crippen molar-refractivity contribution in [1.82, 2.24) is 9.80 Å². The van der Waals surface area contributed by atoms with E-state index in [0.717, 1.165) is 0 Å². The maximum atomic E-state index is 12.2. The van der Waals surface area contributed by atoms with Crippen LogP contribution in [0.1, 0.15) is 40.0 Å². The van der Waals surface area contributed by atoms with E-state index in [9.17, 15) is 18.0 Å². The summed E-state index contributed by atoms with van der Waals surface area (Å²) in [6.07, 6.45) is 1.23. The van der Waals surface area contributed by atoms with Gasteiger partial charge in [0, 0.05) is 48.7 Å². The molecule has 2 heterocycles. The van der Waals surface area contributed by atoms with Crippen LogP contribution in [0, 0.1) is 5.92 Å². The van der Waals surface area contributed by atoms with E-state index in [1.807, 2.05) is 20.8 Å². The van der Waals surface area contributed by atoms with Gasteiger partial charge >= 0.3 is 6.09 Å². The lowest BCUT2D eigenvalue weighted by molar-refractivity contribution is -0.130. The van der Waals surface area contributed by atoms with Crippen molar-refractivity contribution in [3.63, 3.8) is 0 Å². The van der Waals surface area contributed by atoms with Crippen molar-refractivity contribution in [3.8, 4) is 0 Å². The molecule has 0 bridgehead atoms. The highest BCUT2D eigenvalue weighted by Crippen LogP contribution is 2.27. The van der Waals surface area contributed by atoms with Gasteiger partial charge in [0.05, 0.1) is 5.75 Å². The van der Waals surface area contributed by atoms with Crippen molar-refractivity contribution in [2.75, 3.05) is 25.4 Å². The summed E-state index contributed by atoms with van der Waals surface area (Å²) in [4.78, 5) is 27.6. The quantitative estimate of drug-likeness (QED) is 0.697. The zero-order valence-electron chi connectivity index (χ0n) is 14.3. The highest BCUT2D eigenvalue weighted by Gasteiger charge is 2.38. The van der Waals surface area contributed by atoms with E-state index >= 15 is 0 Å². The van der Waals surface area contributed by atoms with Crippen LogP contribution >= 0.6 is 10.7 Å². The fourth-order valence-electron chi connectivity index (χ4n) is 3.24. The summed E-state index contributed by atoms with van der Waals surface area (Å²) in [6, 6.07) is 0.0409. The molecule has 9 heteroatoms. The van der Waals surface area contributed by atoms with E-state index in [1.165, 1.54) is 0 Å². The molecule has 2 aliphatic heterocycles. The van der Waals surface area contributed by atoms with E-state index in [-0.39, 0.29) is 36.1 Å². The van der Waals surface area contributed by atoms with Gasteiger partial charge in [0.2, 0.25) is 15.0 Å². The number of ether oxygens (including phenoxy) is 1. The van der Waals surface area contributed by atoms with Gasteiger partial charge in [0.1, 0.15) is 5.60 Å². The monoisotopic (exact) mass is 380 g/mol. The number of likely N-dealkylation sites (tertiary alicyclic amines) is 2. The van der Waals surface area contributed by atoms with E-state index in [2.05, 4.69) is 0 Å². The highest BCUT2D eigenvalue weighted by molar-refractivity contribution is 8.13. The molecule has 0 radical (unpaired) electrons. The van der Waals surface area contributed by atoms with Crippen molar-refractivity contribution < 1.29 is 22.7 Å². The predicted octanol–water partition coefficient (Wildman–Crippen LogP) is 1.80. The summed E-state index contributed by atoms with van der Waals surface area (Å²) < 4.78 is 27.7. The maximum absolute atomic E-state index is 12.2. The second kappa shape index (κ2) is 7.07. The maximum Gasteiger partial charge on any atom is 0.410 e. The molecule has 7 nitrogen and oxygen atoms in total. The molecule has 1 atom stereocenters. The standard InChI is InChI=1S/C15H25ClN2O5S/c1-15(2,3)23-14(20)17-6-4-12(5-7-17)18-9-11(8-13(18)19)10-24(16,21)22/h11-12H,4-10H2,1-3H3. The number of carbonyl (C=O) groups excluding carboxylic acids is 2. The molecule has 0 aromatic heterocycles. The number of piperidine rings is 1. The molecule has 2 saturated heterocycles. The topological polar surface area (TPSA) is 84.0 Å². The Labute approximate surface area is 147 Å². The predicted molar refractivity (Wildman–Crippen MR) is 90.3 cm³/mol. The average molecular weight is 381 g/mol. The van der Waals surface area contributed by atoms with E-state index in [4.69, 9.17) is 15.4 Å². The van der Waals surface area contributed by atoms with Crippen LogP contribution in [0.4, 0.5) is 4.79 Å². The zero-order valence-corrected chi connectivity index (χ0v) is 15.9. The summed E-state index contributed by atoms with van der Waals surface area (Å²) >= 11 is 0. The lowest BCUT2D eigenvalue weighted by Crippen LogP contribution is -2.48. The Balaban J connectivity index is 1.86. The number of hydrogen-bond donors (Lipinski definition) is 0. The van der Waals surface area contributed by atoms with Crippen LogP contribution in [0.25, 0.3) is 0 Å². The molecule has 0 aromatic rings. The first kappa shape index (κ1) is 19.3.